The van der Waals surface area contributed by atoms with Gasteiger partial charge in [-0.05, 0) is 20.8 Å². The van der Waals surface area contributed by atoms with E-state index in [1.165, 1.54) is 0 Å². The fourth-order valence-corrected chi connectivity index (χ4v) is 2.06. The maximum atomic E-state index is 10.4. The van der Waals surface area contributed by atoms with E-state index in [4.69, 9.17) is 10.5 Å². The first kappa shape index (κ1) is 13.0. The first-order valence-corrected chi connectivity index (χ1v) is 6.11. The minimum absolute atomic E-state index is 0.175. The predicted molar refractivity (Wildman–Crippen MR) is 69.4 cm³/mol. The first-order valence-electron chi connectivity index (χ1n) is 6.11. The lowest BCUT2D eigenvalue weighted by Crippen LogP contribution is -2.43. The lowest BCUT2D eigenvalue weighted by Gasteiger charge is -2.26. The smallest absolute Gasteiger partial charge is 0.134 e. The van der Waals surface area contributed by atoms with Crippen LogP contribution in [0, 0.1) is 13.8 Å². The molecule has 1 aromatic rings. The molecule has 0 aliphatic carbocycles. The van der Waals surface area contributed by atoms with E-state index in [9.17, 15) is 5.11 Å². The highest BCUT2D eigenvalue weighted by Gasteiger charge is 2.39. The number of hydrogen-bond donors (Lipinski definition) is 3. The van der Waals surface area contributed by atoms with E-state index in [2.05, 4.69) is 15.3 Å². The summed E-state index contributed by atoms with van der Waals surface area (Å²) in [5, 5.41) is 13.5. The fourth-order valence-electron chi connectivity index (χ4n) is 2.06. The molecule has 6 heteroatoms. The van der Waals surface area contributed by atoms with E-state index in [0.717, 1.165) is 5.56 Å². The Kier molecular flexibility index (Phi) is 3.41. The summed E-state index contributed by atoms with van der Waals surface area (Å²) in [5.41, 5.74) is 5.74. The van der Waals surface area contributed by atoms with Crippen molar-refractivity contribution in [3.05, 3.63) is 11.4 Å². The van der Waals surface area contributed by atoms with Gasteiger partial charge in [-0.25, -0.2) is 9.97 Å². The number of ether oxygens (including phenoxy) is 1. The molecular weight excluding hydrogens is 232 g/mol. The molecule has 4 N–H and O–H groups in total. The number of nitrogens with one attached hydrogen (secondary N) is 1. The third-order valence-electron chi connectivity index (χ3n) is 3.52. The van der Waals surface area contributed by atoms with Gasteiger partial charge in [0.05, 0.1) is 6.10 Å². The van der Waals surface area contributed by atoms with Crippen LogP contribution in [0.25, 0.3) is 0 Å². The number of anilines is 2. The normalized spacial score (nSPS) is 27.4. The van der Waals surface area contributed by atoms with Crippen molar-refractivity contribution < 1.29 is 9.84 Å². The van der Waals surface area contributed by atoms with E-state index in [-0.39, 0.29) is 6.10 Å². The quantitative estimate of drug-likeness (QED) is 0.730. The van der Waals surface area contributed by atoms with Crippen molar-refractivity contribution in [2.24, 2.45) is 0 Å². The van der Waals surface area contributed by atoms with Crippen molar-refractivity contribution in [2.75, 3.05) is 24.2 Å². The van der Waals surface area contributed by atoms with Crippen LogP contribution in [0.5, 0.6) is 0 Å². The summed E-state index contributed by atoms with van der Waals surface area (Å²) in [5.74, 6) is 1.75. The van der Waals surface area contributed by atoms with Gasteiger partial charge in [-0.1, -0.05) is 0 Å². The van der Waals surface area contributed by atoms with Crippen LogP contribution in [-0.4, -0.2) is 39.9 Å². The third-order valence-corrected chi connectivity index (χ3v) is 3.52. The maximum Gasteiger partial charge on any atom is 0.134 e. The van der Waals surface area contributed by atoms with Gasteiger partial charge in [0.25, 0.3) is 0 Å². The molecule has 100 valence electrons. The van der Waals surface area contributed by atoms with Crippen LogP contribution in [0.4, 0.5) is 11.6 Å². The molecule has 1 aromatic heterocycles. The Morgan fingerprint density at radius 3 is 2.83 bits per heavy atom. The van der Waals surface area contributed by atoms with Crippen LogP contribution in [-0.2, 0) is 4.74 Å². The molecule has 0 bridgehead atoms. The average Bonchev–Trinajstić information content (AvgIpc) is 2.63. The van der Waals surface area contributed by atoms with Crippen LogP contribution in [0.1, 0.15) is 24.7 Å². The highest BCUT2D eigenvalue weighted by molar-refractivity contribution is 5.54. The molecular formula is C12H20N4O2. The van der Waals surface area contributed by atoms with Crippen molar-refractivity contribution in [2.45, 2.75) is 38.9 Å². The number of aliphatic hydroxyl groups is 1. The molecule has 2 heterocycles. The van der Waals surface area contributed by atoms with Gasteiger partial charge >= 0.3 is 0 Å². The molecule has 2 rings (SSSR count). The number of aromatic nitrogens is 2. The fraction of sp³-hybridized carbons (Fsp3) is 0.667. The molecule has 2 unspecified atom stereocenters. The molecule has 0 radical (unpaired) electrons. The number of nitrogen functional groups attached to an aromatic ring is 1. The maximum absolute atomic E-state index is 10.4. The Morgan fingerprint density at radius 2 is 2.22 bits per heavy atom. The molecule has 2 atom stereocenters. The Bertz CT molecular complexity index is 452. The first-order chi connectivity index (χ1) is 8.42. The van der Waals surface area contributed by atoms with E-state index in [1.807, 2.05) is 13.8 Å². The van der Waals surface area contributed by atoms with Gasteiger partial charge in [0.15, 0.2) is 0 Å². The summed E-state index contributed by atoms with van der Waals surface area (Å²) in [6.45, 7) is 6.50. The summed E-state index contributed by atoms with van der Waals surface area (Å²) >= 11 is 0. The van der Waals surface area contributed by atoms with Gasteiger partial charge in [0, 0.05) is 25.1 Å². The standard InChI is InChI=1S/C12H20N4O2/c1-7-10(13)15-9(3)16-11(7)14-6-12(17)4-5-18-8(12)2/h8,17H,4-6H2,1-3H3,(H3,13,14,15,16). The molecule has 1 aliphatic heterocycles. The lowest BCUT2D eigenvalue weighted by molar-refractivity contribution is -0.0176. The van der Waals surface area contributed by atoms with E-state index < -0.39 is 5.60 Å². The zero-order chi connectivity index (χ0) is 13.3. The molecule has 18 heavy (non-hydrogen) atoms. The van der Waals surface area contributed by atoms with Gasteiger partial charge in [-0.2, -0.15) is 0 Å². The lowest BCUT2D eigenvalue weighted by atomic mass is 9.97. The van der Waals surface area contributed by atoms with Crippen LogP contribution in [0.15, 0.2) is 0 Å². The summed E-state index contributed by atoms with van der Waals surface area (Å²) in [6, 6.07) is 0. The number of aryl methyl sites for hydroxylation is 1. The summed E-state index contributed by atoms with van der Waals surface area (Å²) < 4.78 is 5.39. The molecule has 1 fully saturated rings. The van der Waals surface area contributed by atoms with Crippen molar-refractivity contribution in [3.8, 4) is 0 Å². The summed E-state index contributed by atoms with van der Waals surface area (Å²) in [4.78, 5) is 8.38. The van der Waals surface area contributed by atoms with Crippen molar-refractivity contribution in [1.29, 1.82) is 0 Å². The number of rotatable bonds is 3. The Labute approximate surface area is 107 Å². The van der Waals surface area contributed by atoms with Crippen molar-refractivity contribution in [1.82, 2.24) is 9.97 Å². The zero-order valence-electron chi connectivity index (χ0n) is 11.0. The SMILES string of the molecule is Cc1nc(N)c(C)c(NCC2(O)CCOC2C)n1. The largest absolute Gasteiger partial charge is 0.385 e. The minimum Gasteiger partial charge on any atom is -0.385 e. The van der Waals surface area contributed by atoms with Crippen LogP contribution in [0.3, 0.4) is 0 Å². The Hall–Kier alpha value is -1.40. The second-order valence-corrected chi connectivity index (χ2v) is 4.85. The monoisotopic (exact) mass is 252 g/mol. The average molecular weight is 252 g/mol. The third kappa shape index (κ3) is 2.39. The molecule has 0 amide bonds. The molecule has 0 aromatic carbocycles. The van der Waals surface area contributed by atoms with Gasteiger partial charge < -0.3 is 20.9 Å². The molecule has 0 spiro atoms. The van der Waals surface area contributed by atoms with Crippen LogP contribution >= 0.6 is 0 Å². The van der Waals surface area contributed by atoms with E-state index >= 15 is 0 Å². The van der Waals surface area contributed by atoms with Crippen LogP contribution in [0.2, 0.25) is 0 Å². The van der Waals surface area contributed by atoms with Gasteiger partial charge in [-0.15, -0.1) is 0 Å². The summed E-state index contributed by atoms with van der Waals surface area (Å²) in [6.07, 6.45) is 0.449. The zero-order valence-corrected chi connectivity index (χ0v) is 11.0. The van der Waals surface area contributed by atoms with E-state index in [0.29, 0.717) is 37.0 Å². The number of nitrogens with zero attached hydrogens (tertiary/aromatic N) is 2. The van der Waals surface area contributed by atoms with Gasteiger partial charge in [0.1, 0.15) is 23.1 Å². The van der Waals surface area contributed by atoms with Crippen molar-refractivity contribution >= 4 is 11.6 Å². The number of nitrogens with two attached hydrogens (primary N) is 1. The Morgan fingerprint density at radius 1 is 1.50 bits per heavy atom. The molecule has 1 saturated heterocycles. The van der Waals surface area contributed by atoms with Crippen molar-refractivity contribution in [3.63, 3.8) is 0 Å². The number of hydrogen-bond acceptors (Lipinski definition) is 6. The minimum atomic E-state index is -0.847. The molecule has 1 aliphatic rings. The predicted octanol–water partition coefficient (Wildman–Crippen LogP) is 0.627. The molecule has 6 nitrogen and oxygen atoms in total. The van der Waals surface area contributed by atoms with E-state index in [1.54, 1.807) is 6.92 Å². The van der Waals surface area contributed by atoms with Gasteiger partial charge in [-0.3, -0.25) is 0 Å². The Balaban J connectivity index is 2.11. The second kappa shape index (κ2) is 4.70. The topological polar surface area (TPSA) is 93.3 Å². The summed E-state index contributed by atoms with van der Waals surface area (Å²) in [7, 11) is 0. The molecule has 0 saturated carbocycles. The highest BCUT2D eigenvalue weighted by atomic mass is 16.5. The highest BCUT2D eigenvalue weighted by Crippen LogP contribution is 2.26. The van der Waals surface area contributed by atoms with Gasteiger partial charge in [0.2, 0.25) is 0 Å². The van der Waals surface area contributed by atoms with Crippen LogP contribution < -0.4 is 11.1 Å². The second-order valence-electron chi connectivity index (χ2n) is 4.85.